The van der Waals surface area contributed by atoms with Crippen LogP contribution in [0.15, 0.2) is 11.8 Å². The van der Waals surface area contributed by atoms with Crippen LogP contribution in [-0.2, 0) is 0 Å². The third-order valence-corrected chi connectivity index (χ3v) is 1.03. The van der Waals surface area contributed by atoms with Gasteiger partial charge < -0.3 is 16.6 Å². The Morgan fingerprint density at radius 2 is 2.33 bits per heavy atom. The fourth-order valence-electron chi connectivity index (χ4n) is 0.421. The summed E-state index contributed by atoms with van der Waals surface area (Å²) in [5.74, 6) is 0. The van der Waals surface area contributed by atoms with Gasteiger partial charge in [-0.2, -0.15) is 0 Å². The van der Waals surface area contributed by atoms with E-state index in [1.165, 1.54) is 0 Å². The lowest BCUT2D eigenvalue weighted by Crippen LogP contribution is -2.13. The van der Waals surface area contributed by atoms with Gasteiger partial charge in [-0.1, -0.05) is 6.08 Å². The summed E-state index contributed by atoms with van der Waals surface area (Å²) in [5, 5.41) is 8.81. The largest absolute Gasteiger partial charge is 0.400 e. The quantitative estimate of drug-likeness (QED) is 0.485. The lowest BCUT2D eigenvalue weighted by atomic mass is 10.2. The van der Waals surface area contributed by atoms with E-state index in [9.17, 15) is 0 Å². The van der Waals surface area contributed by atoms with Crippen LogP contribution in [0.4, 0.5) is 0 Å². The summed E-state index contributed by atoms with van der Waals surface area (Å²) in [6, 6.07) is 0. The van der Waals surface area contributed by atoms with Gasteiger partial charge in [-0.3, -0.25) is 0 Å². The minimum Gasteiger partial charge on any atom is -0.400 e. The molecule has 3 heteroatoms. The summed E-state index contributed by atoms with van der Waals surface area (Å²) >= 11 is 0. The van der Waals surface area contributed by atoms with Crippen molar-refractivity contribution in [3.8, 4) is 0 Å². The van der Waals surface area contributed by atoms with Crippen molar-refractivity contribution in [2.75, 3.05) is 6.54 Å². The summed E-state index contributed by atoms with van der Waals surface area (Å²) in [7, 11) is 0. The lowest BCUT2D eigenvalue weighted by Gasteiger charge is -2.02. The molecule has 0 aliphatic rings. The van der Waals surface area contributed by atoms with Crippen LogP contribution in [0.2, 0.25) is 0 Å². The number of hydrogen-bond donors (Lipinski definition) is 3. The molecule has 1 unspecified atom stereocenters. The zero-order chi connectivity index (χ0) is 7.28. The van der Waals surface area contributed by atoms with Gasteiger partial charge >= 0.3 is 0 Å². The molecular weight excluding hydrogens is 116 g/mol. The van der Waals surface area contributed by atoms with Gasteiger partial charge in [0.15, 0.2) is 0 Å². The summed E-state index contributed by atoms with van der Waals surface area (Å²) in [4.78, 5) is 0. The molecule has 0 rings (SSSR count). The van der Waals surface area contributed by atoms with E-state index in [0.717, 1.165) is 6.42 Å². The highest BCUT2D eigenvalue weighted by atomic mass is 16.3. The van der Waals surface area contributed by atoms with Crippen molar-refractivity contribution in [3.63, 3.8) is 0 Å². The fraction of sp³-hybridized carbons (Fsp3) is 0.667. The maximum Gasteiger partial charge on any atom is 0.0901 e. The van der Waals surface area contributed by atoms with Gasteiger partial charge in [0.1, 0.15) is 0 Å². The zero-order valence-corrected chi connectivity index (χ0v) is 5.67. The van der Waals surface area contributed by atoms with Crippen LogP contribution >= 0.6 is 0 Å². The average molecular weight is 130 g/mol. The Balaban J connectivity index is 3.55. The van der Waals surface area contributed by atoms with E-state index >= 15 is 0 Å². The van der Waals surface area contributed by atoms with Crippen LogP contribution in [0.1, 0.15) is 13.3 Å². The molecule has 3 nitrogen and oxygen atoms in total. The second-order valence-corrected chi connectivity index (χ2v) is 1.96. The van der Waals surface area contributed by atoms with Crippen molar-refractivity contribution in [1.82, 2.24) is 0 Å². The highest BCUT2D eigenvalue weighted by Crippen LogP contribution is 1.93. The molecule has 0 aromatic rings. The van der Waals surface area contributed by atoms with Gasteiger partial charge in [-0.15, -0.1) is 0 Å². The average Bonchev–Trinajstić information content (AvgIpc) is 1.82. The second-order valence-electron chi connectivity index (χ2n) is 1.96. The molecule has 0 fully saturated rings. The van der Waals surface area contributed by atoms with Crippen molar-refractivity contribution in [2.45, 2.75) is 19.4 Å². The molecule has 0 saturated carbocycles. The summed E-state index contributed by atoms with van der Waals surface area (Å²) in [5.41, 5.74) is 11.1. The Bertz CT molecular complexity index is 99.2. The van der Waals surface area contributed by atoms with Gasteiger partial charge in [0.2, 0.25) is 0 Å². The van der Waals surface area contributed by atoms with Crippen LogP contribution < -0.4 is 11.5 Å². The van der Waals surface area contributed by atoms with Crippen molar-refractivity contribution in [1.29, 1.82) is 0 Å². The van der Waals surface area contributed by atoms with Crippen LogP contribution in [0.3, 0.4) is 0 Å². The Morgan fingerprint density at radius 1 is 1.78 bits per heavy atom. The van der Waals surface area contributed by atoms with Gasteiger partial charge in [0, 0.05) is 5.70 Å². The fourth-order valence-corrected chi connectivity index (χ4v) is 0.421. The molecule has 0 radical (unpaired) electrons. The van der Waals surface area contributed by atoms with E-state index in [-0.39, 0.29) is 0 Å². The van der Waals surface area contributed by atoms with Gasteiger partial charge in [-0.05, 0) is 19.9 Å². The first-order chi connectivity index (χ1) is 4.18. The third-order valence-electron chi connectivity index (χ3n) is 1.03. The zero-order valence-electron chi connectivity index (χ0n) is 5.67. The van der Waals surface area contributed by atoms with E-state index in [2.05, 4.69) is 0 Å². The standard InChI is InChI=1S/C6H14N2O/c1-5(9)6(8)3-2-4-7/h3,5,9H,2,4,7-8H2,1H3. The number of aliphatic hydroxyl groups excluding tert-OH is 1. The maximum atomic E-state index is 8.81. The maximum absolute atomic E-state index is 8.81. The van der Waals surface area contributed by atoms with Crippen molar-refractivity contribution in [3.05, 3.63) is 11.8 Å². The lowest BCUT2D eigenvalue weighted by molar-refractivity contribution is 0.229. The molecule has 0 spiro atoms. The Morgan fingerprint density at radius 3 is 2.67 bits per heavy atom. The summed E-state index contributed by atoms with van der Waals surface area (Å²) in [6.45, 7) is 2.20. The smallest absolute Gasteiger partial charge is 0.0901 e. The Hall–Kier alpha value is -0.540. The topological polar surface area (TPSA) is 72.3 Å². The first-order valence-corrected chi connectivity index (χ1v) is 3.02. The molecule has 0 heterocycles. The van der Waals surface area contributed by atoms with E-state index in [0.29, 0.717) is 12.2 Å². The van der Waals surface area contributed by atoms with Crippen LogP contribution in [-0.4, -0.2) is 17.8 Å². The number of hydrogen-bond acceptors (Lipinski definition) is 3. The van der Waals surface area contributed by atoms with Crippen molar-refractivity contribution in [2.24, 2.45) is 11.5 Å². The van der Waals surface area contributed by atoms with Gasteiger partial charge in [-0.25, -0.2) is 0 Å². The summed E-state index contributed by atoms with van der Waals surface area (Å²) in [6.07, 6.45) is 1.93. The Kier molecular flexibility index (Phi) is 4.09. The van der Waals surface area contributed by atoms with E-state index in [4.69, 9.17) is 16.6 Å². The predicted octanol–water partition coefficient (Wildman–Crippen LogP) is -0.441. The normalized spacial score (nSPS) is 15.7. The van der Waals surface area contributed by atoms with E-state index in [1.54, 1.807) is 13.0 Å². The van der Waals surface area contributed by atoms with Gasteiger partial charge in [0.25, 0.3) is 0 Å². The monoisotopic (exact) mass is 130 g/mol. The molecule has 1 atom stereocenters. The molecule has 0 aromatic heterocycles. The molecular formula is C6H14N2O. The number of nitrogens with two attached hydrogens (primary N) is 2. The first kappa shape index (κ1) is 8.46. The predicted molar refractivity (Wildman–Crippen MR) is 37.6 cm³/mol. The van der Waals surface area contributed by atoms with E-state index in [1.807, 2.05) is 0 Å². The van der Waals surface area contributed by atoms with Crippen molar-refractivity contribution < 1.29 is 5.11 Å². The van der Waals surface area contributed by atoms with Crippen LogP contribution in [0.25, 0.3) is 0 Å². The minimum atomic E-state index is -0.545. The second kappa shape index (κ2) is 4.35. The number of rotatable bonds is 3. The molecule has 0 aromatic carbocycles. The molecule has 0 aliphatic heterocycles. The molecule has 54 valence electrons. The Labute approximate surface area is 55.3 Å². The van der Waals surface area contributed by atoms with Crippen molar-refractivity contribution >= 4 is 0 Å². The third kappa shape index (κ3) is 4.00. The molecule has 5 N–H and O–H groups in total. The van der Waals surface area contributed by atoms with Gasteiger partial charge in [0.05, 0.1) is 6.10 Å². The molecule has 0 saturated heterocycles. The molecule has 0 aliphatic carbocycles. The highest BCUT2D eigenvalue weighted by molar-refractivity contribution is 5.00. The number of aliphatic hydroxyl groups is 1. The molecule has 0 bridgehead atoms. The SMILES string of the molecule is CC(O)C(N)=CCCN. The highest BCUT2D eigenvalue weighted by Gasteiger charge is 1.95. The van der Waals surface area contributed by atoms with Crippen LogP contribution in [0, 0.1) is 0 Å². The van der Waals surface area contributed by atoms with E-state index < -0.39 is 6.10 Å². The molecule has 0 amide bonds. The van der Waals surface area contributed by atoms with Crippen LogP contribution in [0.5, 0.6) is 0 Å². The first-order valence-electron chi connectivity index (χ1n) is 3.02. The molecule has 9 heavy (non-hydrogen) atoms. The summed E-state index contributed by atoms with van der Waals surface area (Å²) < 4.78 is 0. The minimum absolute atomic E-state index is 0.500.